The lowest BCUT2D eigenvalue weighted by Crippen LogP contribution is -1.90. The summed E-state index contributed by atoms with van der Waals surface area (Å²) in [5.74, 6) is 0. The highest BCUT2D eigenvalue weighted by atomic mass is 33.1. The van der Waals surface area contributed by atoms with Crippen LogP contribution in [0.25, 0.3) is 0 Å². The quantitative estimate of drug-likeness (QED) is 0.183. The van der Waals surface area contributed by atoms with Gasteiger partial charge in [0.05, 0.1) is 0 Å². The molecule has 0 saturated heterocycles. The van der Waals surface area contributed by atoms with Gasteiger partial charge in [-0.1, -0.05) is 7.96 Å². The van der Waals surface area contributed by atoms with Crippen molar-refractivity contribution in [2.75, 3.05) is 0 Å². The van der Waals surface area contributed by atoms with Gasteiger partial charge in [-0.05, 0) is 70.8 Å². The van der Waals surface area contributed by atoms with E-state index in [4.69, 9.17) is 0 Å². The summed E-state index contributed by atoms with van der Waals surface area (Å²) >= 11 is 0. The SMILES string of the molecule is PPP(P(P)P)P(C(P(P(P)P)P(P)P)P(P(P)P)P(P)P)P(P)P. The van der Waals surface area contributed by atoms with E-state index in [1.54, 1.807) is 0 Å². The van der Waals surface area contributed by atoms with Gasteiger partial charge < -0.3 is 0 Å². The third-order valence-corrected chi connectivity index (χ3v) is 113. The summed E-state index contributed by atoms with van der Waals surface area (Å²) in [5, 5.41) is 0.968. The minimum Gasteiger partial charge on any atom is -0.109 e. The molecular formula is CH28P24. The van der Waals surface area contributed by atoms with E-state index >= 15 is 0 Å². The van der Waals surface area contributed by atoms with Crippen LogP contribution in [0.5, 0.6) is 0 Å². The molecule has 0 nitrogen and oxygen atoms in total. The van der Waals surface area contributed by atoms with Gasteiger partial charge in [0.1, 0.15) is 0 Å². The molecule has 0 saturated carbocycles. The van der Waals surface area contributed by atoms with Gasteiger partial charge in [-0.25, -0.2) is 0 Å². The molecule has 0 aromatic carbocycles. The molecule has 0 fully saturated rings. The summed E-state index contributed by atoms with van der Waals surface area (Å²) in [5.41, 5.74) is 0. The average Bonchev–Trinajstić information content (AvgIpc) is 2.41. The first kappa shape index (κ1) is 35.3. The molecule has 0 aliphatic heterocycles. The van der Waals surface area contributed by atoms with Gasteiger partial charge in [0.2, 0.25) is 0 Å². The summed E-state index contributed by atoms with van der Waals surface area (Å²) in [6, 6.07) is 0. The molecule has 0 N–H and O–H groups in total. The number of hydrogen-bond acceptors (Lipinski definition) is 0. The second-order valence-corrected chi connectivity index (χ2v) is 89.5. The van der Waals surface area contributed by atoms with Crippen molar-refractivity contribution < 1.29 is 0 Å². The molecule has 0 spiro atoms. The highest BCUT2D eigenvalue weighted by Crippen LogP contribution is 3.21. The molecule has 25 heavy (non-hydrogen) atoms. The van der Waals surface area contributed by atoms with Crippen molar-refractivity contribution in [2.45, 2.75) is 5.14 Å². The van der Waals surface area contributed by atoms with Crippen LogP contribution in [0.15, 0.2) is 0 Å². The maximum atomic E-state index is 3.26. The topological polar surface area (TPSA) is 0 Å². The average molecular weight is 784 g/mol. The third-order valence-electron chi connectivity index (χ3n) is 2.33. The van der Waals surface area contributed by atoms with Crippen molar-refractivity contribution in [3.63, 3.8) is 0 Å². The fourth-order valence-electron chi connectivity index (χ4n) is 1.54. The smallest absolute Gasteiger partial charge is 0.0462 e. The van der Waals surface area contributed by atoms with Crippen LogP contribution in [-0.2, 0) is 0 Å². The summed E-state index contributed by atoms with van der Waals surface area (Å²) < 4.78 is 0. The second kappa shape index (κ2) is 19.4. The summed E-state index contributed by atoms with van der Waals surface area (Å²) in [4.78, 5) is 0. The van der Waals surface area contributed by atoms with Crippen LogP contribution in [0.2, 0.25) is 0 Å². The fraction of sp³-hybridized carbons (Fsp3) is 1.00. The van der Waals surface area contributed by atoms with Crippen molar-refractivity contribution in [1.82, 2.24) is 0 Å². The van der Waals surface area contributed by atoms with Crippen molar-refractivity contribution in [3.8, 4) is 0 Å². The maximum Gasteiger partial charge on any atom is 0.0462 e. The number of rotatable bonds is 11. The van der Waals surface area contributed by atoms with Gasteiger partial charge in [-0.2, -0.15) is 0 Å². The molecule has 0 aromatic rings. The van der Waals surface area contributed by atoms with Gasteiger partial charge in [0.25, 0.3) is 0 Å². The molecule has 0 aromatic heterocycles. The molecule has 0 heterocycles. The lowest BCUT2D eigenvalue weighted by atomic mass is 11.9. The molecule has 0 radical (unpaired) electrons. The van der Waals surface area contributed by atoms with Crippen LogP contribution in [0.4, 0.5) is 0 Å². The fourth-order valence-corrected chi connectivity index (χ4v) is 202. The summed E-state index contributed by atoms with van der Waals surface area (Å²) in [6.07, 6.45) is 0. The van der Waals surface area contributed by atoms with E-state index in [1.165, 1.54) is 0 Å². The van der Waals surface area contributed by atoms with E-state index < -0.39 is 0 Å². The monoisotopic (exact) mass is 784 g/mol. The molecule has 16 atom stereocenters. The zero-order chi connectivity index (χ0) is 20.1. The van der Waals surface area contributed by atoms with Crippen LogP contribution in [0.3, 0.4) is 0 Å². The molecule has 24 heteroatoms. The molecular weight excluding hydrogens is 755 g/mol. The Kier molecular flexibility index (Phi) is 27.4. The Morgan fingerprint density at radius 2 is 0.720 bits per heavy atom. The summed E-state index contributed by atoms with van der Waals surface area (Å²) in [6.45, 7) is -0.0671. The van der Waals surface area contributed by atoms with Crippen LogP contribution in [0, 0.1) is 0 Å². The zero-order valence-corrected chi connectivity index (χ0v) is 38.0. The minimum atomic E-state index is -0.0375. The standard InChI is InChI=1S/CH28P24/c2-15-25(24(13)14)18(23(11)12)1(16(19(3)4)20(5)6)17(21(7)8)22(9)10/h1,15H,2-14H2. The molecule has 0 aliphatic rings. The van der Waals surface area contributed by atoms with Crippen molar-refractivity contribution in [2.24, 2.45) is 0 Å². The predicted octanol–water partition coefficient (Wildman–Crippen LogP) is 13.4. The lowest BCUT2D eigenvalue weighted by molar-refractivity contribution is 2.05. The van der Waals surface area contributed by atoms with Crippen LogP contribution in [0.1, 0.15) is 0 Å². The number of hydrogen-bond donors (Lipinski definition) is 0. The normalized spacial score (nSPS) is 16.6. The van der Waals surface area contributed by atoms with E-state index in [0.717, 1.165) is 13.1 Å². The molecule has 0 rings (SSSR count). The first-order valence-electron chi connectivity index (χ1n) is 5.79. The van der Waals surface area contributed by atoms with Gasteiger partial charge in [-0.15, -0.1) is 116 Å². The molecule has 0 bridgehead atoms. The first-order valence-corrected chi connectivity index (χ1v) is 47.4. The Morgan fingerprint density at radius 1 is 0.440 bits per heavy atom. The Balaban J connectivity index is 6.38. The molecule has 0 aliphatic carbocycles. The van der Waals surface area contributed by atoms with Gasteiger partial charge in [0.15, 0.2) is 0 Å². The largest absolute Gasteiger partial charge is 0.109 e. The van der Waals surface area contributed by atoms with Crippen LogP contribution < -0.4 is 0 Å². The molecule has 0 amide bonds. The maximum absolute atomic E-state index is 3.26. The summed E-state index contributed by atoms with van der Waals surface area (Å²) in [7, 11) is 42.9. The van der Waals surface area contributed by atoms with Gasteiger partial charge in [-0.3, -0.25) is 0 Å². The Morgan fingerprint density at radius 3 is 0.880 bits per heavy atom. The highest BCUT2D eigenvalue weighted by molar-refractivity contribution is 9.14. The van der Waals surface area contributed by atoms with E-state index in [9.17, 15) is 0 Å². The Hall–Kier alpha value is 10.3. The third kappa shape index (κ3) is 13.1. The molecule has 152 valence electrons. The van der Waals surface area contributed by atoms with Crippen LogP contribution in [-0.4, -0.2) is 5.14 Å². The van der Waals surface area contributed by atoms with Crippen LogP contribution >= 0.6 is 195 Å². The second-order valence-electron chi connectivity index (χ2n) is 4.01. The van der Waals surface area contributed by atoms with E-state index in [0.29, 0.717) is 0 Å². The van der Waals surface area contributed by atoms with E-state index in [-0.39, 0.29) is 70.8 Å². The predicted molar refractivity (Wildman–Crippen MR) is 208 cm³/mol. The molecule has 16 unspecified atom stereocenters. The lowest BCUT2D eigenvalue weighted by Gasteiger charge is -2.49. The Labute approximate surface area is 198 Å². The first-order chi connectivity index (χ1) is 11.4. The van der Waals surface area contributed by atoms with Gasteiger partial charge in [0, 0.05) is 5.14 Å². The van der Waals surface area contributed by atoms with Crippen molar-refractivity contribution in [3.05, 3.63) is 0 Å². The van der Waals surface area contributed by atoms with E-state index in [1.807, 2.05) is 0 Å². The van der Waals surface area contributed by atoms with Crippen molar-refractivity contribution >= 4 is 195 Å². The zero-order valence-electron chi connectivity index (χ0n) is 13.1. The highest BCUT2D eigenvalue weighted by Gasteiger charge is 2.46. The van der Waals surface area contributed by atoms with Crippen molar-refractivity contribution in [1.29, 1.82) is 0 Å². The van der Waals surface area contributed by atoms with E-state index in [2.05, 4.69) is 116 Å². The Bertz CT molecular complexity index is 304. The van der Waals surface area contributed by atoms with Gasteiger partial charge >= 0.3 is 0 Å². The minimum absolute atomic E-state index is 0.00822.